The molecule has 1 aliphatic heterocycles. The Morgan fingerprint density at radius 3 is 2.24 bits per heavy atom. The number of sulfone groups is 2. The average Bonchev–Trinajstić information content (AvgIpc) is 3.06. The molecule has 1 N–H and O–H groups in total. The number of halogens is 2. The first-order chi connectivity index (χ1) is 11.5. The molecule has 6 nitrogen and oxygen atoms in total. The van der Waals surface area contributed by atoms with Gasteiger partial charge in [-0.25, -0.2) is 25.6 Å². The summed E-state index contributed by atoms with van der Waals surface area (Å²) in [5.41, 5.74) is 2.94. The predicted molar refractivity (Wildman–Crippen MR) is 92.7 cm³/mol. The van der Waals surface area contributed by atoms with E-state index in [1.54, 1.807) is 19.1 Å². The van der Waals surface area contributed by atoms with Crippen LogP contribution in [-0.4, -0.2) is 34.3 Å². The molecule has 0 aliphatic carbocycles. The fourth-order valence-electron chi connectivity index (χ4n) is 1.74. The monoisotopic (exact) mass is 392 g/mol. The molecule has 138 valence electrons. The van der Waals surface area contributed by atoms with Gasteiger partial charge in [0.05, 0.1) is 4.90 Å². The van der Waals surface area contributed by atoms with E-state index in [1.807, 2.05) is 0 Å². The SMILES string of the molecule is C=CS(=O)(=O)C=C.Cc1cccc(S(=O)(=O)C2=NNC(C(F)F)C2)c1. The minimum atomic E-state index is -3.77. The van der Waals surface area contributed by atoms with E-state index in [1.165, 1.54) is 12.1 Å². The summed E-state index contributed by atoms with van der Waals surface area (Å²) >= 11 is 0. The first-order valence-electron chi connectivity index (χ1n) is 6.95. The lowest BCUT2D eigenvalue weighted by atomic mass is 10.2. The third-order valence-electron chi connectivity index (χ3n) is 3.13. The normalized spacial score (nSPS) is 17.1. The molecule has 1 heterocycles. The highest BCUT2D eigenvalue weighted by molar-refractivity contribution is 8.06. The third-order valence-corrected chi connectivity index (χ3v) is 5.81. The van der Waals surface area contributed by atoms with Crippen molar-refractivity contribution in [2.45, 2.75) is 30.7 Å². The van der Waals surface area contributed by atoms with Crippen molar-refractivity contribution >= 4 is 24.7 Å². The molecule has 0 spiro atoms. The maximum absolute atomic E-state index is 12.4. The predicted octanol–water partition coefficient (Wildman–Crippen LogP) is 2.40. The van der Waals surface area contributed by atoms with Crippen LogP contribution in [0.1, 0.15) is 12.0 Å². The fourth-order valence-corrected chi connectivity index (χ4v) is 3.31. The van der Waals surface area contributed by atoms with Crippen molar-refractivity contribution in [2.75, 3.05) is 0 Å². The number of aryl methyl sites for hydroxylation is 1. The zero-order valence-corrected chi connectivity index (χ0v) is 15.0. The first-order valence-corrected chi connectivity index (χ1v) is 10.0. The van der Waals surface area contributed by atoms with Crippen LogP contribution in [0.15, 0.2) is 58.2 Å². The van der Waals surface area contributed by atoms with E-state index in [9.17, 15) is 25.6 Å². The summed E-state index contributed by atoms with van der Waals surface area (Å²) in [5.74, 6) is 0. The summed E-state index contributed by atoms with van der Waals surface area (Å²) in [4.78, 5) is 0.0815. The molecule has 0 saturated carbocycles. The minimum Gasteiger partial charge on any atom is -0.300 e. The van der Waals surface area contributed by atoms with Gasteiger partial charge >= 0.3 is 0 Å². The van der Waals surface area contributed by atoms with Gasteiger partial charge in [-0.3, -0.25) is 5.43 Å². The van der Waals surface area contributed by atoms with E-state index in [0.29, 0.717) is 0 Å². The van der Waals surface area contributed by atoms with Crippen LogP contribution in [0.2, 0.25) is 0 Å². The van der Waals surface area contributed by atoms with Gasteiger partial charge in [-0.2, -0.15) is 5.10 Å². The van der Waals surface area contributed by atoms with Gasteiger partial charge in [0.1, 0.15) is 6.04 Å². The van der Waals surface area contributed by atoms with Crippen LogP contribution in [0.4, 0.5) is 8.78 Å². The van der Waals surface area contributed by atoms with Crippen molar-refractivity contribution in [3.63, 3.8) is 0 Å². The van der Waals surface area contributed by atoms with Crippen LogP contribution in [-0.2, 0) is 19.7 Å². The number of benzene rings is 1. The van der Waals surface area contributed by atoms with E-state index in [-0.39, 0.29) is 16.4 Å². The molecule has 2 rings (SSSR count). The Balaban J connectivity index is 0.000000381. The number of rotatable bonds is 4. The van der Waals surface area contributed by atoms with Crippen LogP contribution in [0.3, 0.4) is 0 Å². The Labute approximate surface area is 145 Å². The highest BCUT2D eigenvalue weighted by Crippen LogP contribution is 2.21. The van der Waals surface area contributed by atoms with Crippen molar-refractivity contribution in [2.24, 2.45) is 5.10 Å². The summed E-state index contributed by atoms with van der Waals surface area (Å²) in [5, 5.41) is 4.97. The standard InChI is InChI=1S/C11H12F2N2O2S.C4H6O2S/c1-7-3-2-4-8(5-7)18(16,17)10-6-9(11(12)13)14-15-10;1-3-7(5,6)4-2/h2-5,9,11,14H,6H2,1H3;3-4H,1-2H2. The van der Waals surface area contributed by atoms with Crippen molar-refractivity contribution in [3.8, 4) is 0 Å². The largest absolute Gasteiger partial charge is 0.300 e. The number of hydrogen-bond acceptors (Lipinski definition) is 6. The van der Waals surface area contributed by atoms with Gasteiger partial charge in [-0.1, -0.05) is 25.3 Å². The average molecular weight is 392 g/mol. The molecule has 1 unspecified atom stereocenters. The van der Waals surface area contributed by atoms with Crippen LogP contribution in [0.25, 0.3) is 0 Å². The van der Waals surface area contributed by atoms with Crippen LogP contribution in [0, 0.1) is 6.92 Å². The molecule has 0 bridgehead atoms. The molecule has 0 aromatic heterocycles. The number of alkyl halides is 2. The number of hydrogen-bond donors (Lipinski definition) is 1. The van der Waals surface area contributed by atoms with Crippen molar-refractivity contribution in [1.82, 2.24) is 5.43 Å². The second-order valence-electron chi connectivity index (χ2n) is 5.02. The molecular weight excluding hydrogens is 374 g/mol. The van der Waals surface area contributed by atoms with E-state index in [2.05, 4.69) is 23.7 Å². The lowest BCUT2D eigenvalue weighted by Crippen LogP contribution is -2.28. The highest BCUT2D eigenvalue weighted by atomic mass is 32.2. The Morgan fingerprint density at radius 2 is 1.84 bits per heavy atom. The van der Waals surface area contributed by atoms with Crippen LogP contribution >= 0.6 is 0 Å². The van der Waals surface area contributed by atoms with Crippen molar-refractivity contribution < 1.29 is 25.6 Å². The van der Waals surface area contributed by atoms with Crippen molar-refractivity contribution in [3.05, 3.63) is 53.8 Å². The Hall–Kier alpha value is -2.07. The molecule has 1 aromatic rings. The molecule has 1 aliphatic rings. The topological polar surface area (TPSA) is 92.7 Å². The summed E-state index contributed by atoms with van der Waals surface area (Å²) < 4.78 is 69.4. The summed E-state index contributed by atoms with van der Waals surface area (Å²) in [6.45, 7) is 7.85. The molecule has 1 aromatic carbocycles. The molecule has 10 heteroatoms. The molecule has 25 heavy (non-hydrogen) atoms. The molecule has 0 fully saturated rings. The van der Waals surface area contributed by atoms with Gasteiger partial charge in [0.2, 0.25) is 9.84 Å². The maximum atomic E-state index is 12.4. The van der Waals surface area contributed by atoms with E-state index in [0.717, 1.165) is 16.4 Å². The van der Waals surface area contributed by atoms with Gasteiger partial charge in [0.25, 0.3) is 6.43 Å². The van der Waals surface area contributed by atoms with Crippen LogP contribution < -0.4 is 5.43 Å². The summed E-state index contributed by atoms with van der Waals surface area (Å²) in [7, 11) is -6.90. The quantitative estimate of drug-likeness (QED) is 0.849. The van der Waals surface area contributed by atoms with Gasteiger partial charge in [-0.15, -0.1) is 0 Å². The van der Waals surface area contributed by atoms with Gasteiger partial charge in [0.15, 0.2) is 14.9 Å². The van der Waals surface area contributed by atoms with Gasteiger partial charge in [0, 0.05) is 17.2 Å². The maximum Gasteiger partial charge on any atom is 0.260 e. The van der Waals surface area contributed by atoms with Gasteiger partial charge < -0.3 is 0 Å². The third kappa shape index (κ3) is 5.75. The molecule has 0 radical (unpaired) electrons. The molecule has 0 saturated heterocycles. The second kappa shape index (κ2) is 8.34. The molecule has 1 atom stereocenters. The van der Waals surface area contributed by atoms with Gasteiger partial charge in [-0.05, 0) is 24.6 Å². The smallest absolute Gasteiger partial charge is 0.260 e. The zero-order chi connectivity index (χ0) is 19.3. The van der Waals surface area contributed by atoms with Crippen LogP contribution in [0.5, 0.6) is 0 Å². The fraction of sp³-hybridized carbons (Fsp3) is 0.267. The number of hydrazone groups is 1. The number of nitrogens with zero attached hydrogens (tertiary/aromatic N) is 1. The van der Waals surface area contributed by atoms with E-state index < -0.39 is 32.1 Å². The summed E-state index contributed by atoms with van der Waals surface area (Å²) in [6, 6.07) is 5.07. The minimum absolute atomic E-state index is 0.0815. The van der Waals surface area contributed by atoms with E-state index >= 15 is 0 Å². The first kappa shape index (κ1) is 21.0. The Bertz CT molecular complexity index is 865. The second-order valence-corrected chi connectivity index (χ2v) is 8.82. The molecule has 0 amide bonds. The summed E-state index contributed by atoms with van der Waals surface area (Å²) in [6.07, 6.45) is -2.92. The number of nitrogens with one attached hydrogen (secondary N) is 1. The lowest BCUT2D eigenvalue weighted by Gasteiger charge is -2.07. The zero-order valence-electron chi connectivity index (χ0n) is 13.4. The Kier molecular flexibility index (Phi) is 7.00. The van der Waals surface area contributed by atoms with Crippen molar-refractivity contribution in [1.29, 1.82) is 0 Å². The lowest BCUT2D eigenvalue weighted by molar-refractivity contribution is 0.106. The van der Waals surface area contributed by atoms with E-state index in [4.69, 9.17) is 0 Å². The highest BCUT2D eigenvalue weighted by Gasteiger charge is 2.34. The molecular formula is C15H18F2N2O4S2. The Morgan fingerprint density at radius 1 is 1.24 bits per heavy atom.